The highest BCUT2D eigenvalue weighted by Gasteiger charge is 2.28. The number of piperazine rings is 1. The van der Waals surface area contributed by atoms with Crippen LogP contribution in [-0.4, -0.2) is 66.8 Å². The maximum Gasteiger partial charge on any atom is 0.257 e. The van der Waals surface area contributed by atoms with Crippen LogP contribution in [0.4, 0.5) is 15.8 Å². The van der Waals surface area contributed by atoms with Crippen LogP contribution in [-0.2, 0) is 0 Å². The minimum absolute atomic E-state index is 0.0607. The monoisotopic (exact) mass is 548 g/mol. The maximum atomic E-state index is 14.2. The molecule has 3 aromatic rings. The Balaban J connectivity index is 1.37. The van der Waals surface area contributed by atoms with E-state index in [-0.39, 0.29) is 23.3 Å². The number of likely N-dealkylation sites (tertiary alicyclic amines) is 1. The van der Waals surface area contributed by atoms with Gasteiger partial charge in [0.05, 0.1) is 21.7 Å². The van der Waals surface area contributed by atoms with E-state index < -0.39 is 5.82 Å². The standard InChI is InChI=1S/C30H30ClFN4O3/c31-25-10-4-2-8-22(25)28(37)33-21-12-13-27(24(20-21)30(39)35-14-6-1-7-15-35)34-16-18-36(19-17-34)29(38)23-9-3-5-11-26(23)32/h2-5,8-13,20H,1,6-7,14-19H2,(H,33,37). The average Bonchev–Trinajstić information content (AvgIpc) is 2.97. The van der Waals surface area contributed by atoms with Crippen molar-refractivity contribution >= 4 is 40.7 Å². The maximum absolute atomic E-state index is 14.2. The molecule has 9 heteroatoms. The number of nitrogens with one attached hydrogen (secondary N) is 1. The summed E-state index contributed by atoms with van der Waals surface area (Å²) in [6.07, 6.45) is 3.02. The van der Waals surface area contributed by atoms with Crippen molar-refractivity contribution in [1.29, 1.82) is 0 Å². The molecule has 2 saturated heterocycles. The molecule has 2 aliphatic rings. The van der Waals surface area contributed by atoms with E-state index in [1.54, 1.807) is 53.4 Å². The first-order valence-electron chi connectivity index (χ1n) is 13.2. The van der Waals surface area contributed by atoms with Crippen molar-refractivity contribution in [3.63, 3.8) is 0 Å². The third-order valence-corrected chi connectivity index (χ3v) is 7.59. The third-order valence-electron chi connectivity index (χ3n) is 7.26. The van der Waals surface area contributed by atoms with Crippen molar-refractivity contribution in [2.75, 3.05) is 49.5 Å². The second kappa shape index (κ2) is 11.9. The average molecular weight is 549 g/mol. The molecule has 3 aromatic carbocycles. The molecular weight excluding hydrogens is 519 g/mol. The van der Waals surface area contributed by atoms with Gasteiger partial charge in [-0.15, -0.1) is 0 Å². The Morgan fingerprint density at radius 1 is 0.692 bits per heavy atom. The van der Waals surface area contributed by atoms with Crippen LogP contribution in [0, 0.1) is 5.82 Å². The Hall–Kier alpha value is -3.91. The van der Waals surface area contributed by atoms with Crippen molar-refractivity contribution in [2.24, 2.45) is 0 Å². The van der Waals surface area contributed by atoms with Gasteiger partial charge in [-0.05, 0) is 61.7 Å². The predicted molar refractivity (Wildman–Crippen MR) is 150 cm³/mol. The first-order valence-corrected chi connectivity index (χ1v) is 13.6. The first-order chi connectivity index (χ1) is 18.9. The molecule has 202 valence electrons. The van der Waals surface area contributed by atoms with Gasteiger partial charge in [-0.3, -0.25) is 14.4 Å². The van der Waals surface area contributed by atoms with Gasteiger partial charge in [-0.2, -0.15) is 0 Å². The van der Waals surface area contributed by atoms with E-state index in [1.165, 1.54) is 12.1 Å². The Morgan fingerprint density at radius 3 is 2.00 bits per heavy atom. The number of rotatable bonds is 5. The number of anilines is 2. The summed E-state index contributed by atoms with van der Waals surface area (Å²) >= 11 is 6.20. The molecular formula is C30H30ClFN4O3. The van der Waals surface area contributed by atoms with Crippen LogP contribution in [0.15, 0.2) is 66.7 Å². The molecule has 7 nitrogen and oxygen atoms in total. The van der Waals surface area contributed by atoms with E-state index in [4.69, 9.17) is 11.6 Å². The van der Waals surface area contributed by atoms with E-state index in [0.29, 0.717) is 61.1 Å². The molecule has 0 aliphatic carbocycles. The lowest BCUT2D eigenvalue weighted by atomic mass is 10.0. The molecule has 0 spiro atoms. The van der Waals surface area contributed by atoms with Gasteiger partial charge >= 0.3 is 0 Å². The predicted octanol–water partition coefficient (Wildman–Crippen LogP) is 5.32. The second-order valence-corrected chi connectivity index (χ2v) is 10.2. The number of benzene rings is 3. The zero-order chi connectivity index (χ0) is 27.4. The molecule has 0 bridgehead atoms. The molecule has 39 heavy (non-hydrogen) atoms. The largest absolute Gasteiger partial charge is 0.367 e. The molecule has 0 saturated carbocycles. The van der Waals surface area contributed by atoms with Crippen LogP contribution < -0.4 is 10.2 Å². The van der Waals surface area contributed by atoms with Gasteiger partial charge in [-0.1, -0.05) is 35.9 Å². The SMILES string of the molecule is O=C(Nc1ccc(N2CCN(C(=O)c3ccccc3F)CC2)c(C(=O)N2CCCCC2)c1)c1ccccc1Cl. The lowest BCUT2D eigenvalue weighted by Crippen LogP contribution is -2.49. The summed E-state index contributed by atoms with van der Waals surface area (Å²) in [6.45, 7) is 3.17. The van der Waals surface area contributed by atoms with Crippen molar-refractivity contribution in [3.05, 3.63) is 94.3 Å². The number of carbonyl (C=O) groups excluding carboxylic acids is 3. The van der Waals surface area contributed by atoms with Gasteiger partial charge in [0.25, 0.3) is 17.7 Å². The minimum Gasteiger partial charge on any atom is -0.367 e. The van der Waals surface area contributed by atoms with E-state index in [2.05, 4.69) is 10.2 Å². The zero-order valence-corrected chi connectivity index (χ0v) is 22.3. The van der Waals surface area contributed by atoms with Gasteiger partial charge in [0, 0.05) is 50.6 Å². The molecule has 0 atom stereocenters. The Morgan fingerprint density at radius 2 is 1.31 bits per heavy atom. The van der Waals surface area contributed by atoms with Crippen molar-refractivity contribution in [1.82, 2.24) is 9.80 Å². The minimum atomic E-state index is -0.534. The summed E-state index contributed by atoms with van der Waals surface area (Å²) in [5.41, 5.74) is 2.16. The van der Waals surface area contributed by atoms with E-state index in [9.17, 15) is 18.8 Å². The van der Waals surface area contributed by atoms with Gasteiger partial charge in [0.1, 0.15) is 5.82 Å². The molecule has 5 rings (SSSR count). The molecule has 1 N–H and O–H groups in total. The number of nitrogens with zero attached hydrogens (tertiary/aromatic N) is 3. The molecule has 0 radical (unpaired) electrons. The van der Waals surface area contributed by atoms with Gasteiger partial charge in [0.15, 0.2) is 0 Å². The number of hydrogen-bond donors (Lipinski definition) is 1. The van der Waals surface area contributed by atoms with E-state index in [1.807, 2.05) is 11.0 Å². The highest BCUT2D eigenvalue weighted by molar-refractivity contribution is 6.34. The lowest BCUT2D eigenvalue weighted by molar-refractivity contribution is 0.0717. The van der Waals surface area contributed by atoms with Crippen molar-refractivity contribution in [2.45, 2.75) is 19.3 Å². The number of piperidine rings is 1. The van der Waals surface area contributed by atoms with Crippen LogP contribution in [0.2, 0.25) is 5.02 Å². The van der Waals surface area contributed by atoms with Crippen LogP contribution in [0.25, 0.3) is 0 Å². The Kier molecular flexibility index (Phi) is 8.12. The quantitative estimate of drug-likeness (QED) is 0.468. The molecule has 0 unspecified atom stereocenters. The highest BCUT2D eigenvalue weighted by Crippen LogP contribution is 2.29. The number of halogens is 2. The van der Waals surface area contributed by atoms with Gasteiger partial charge < -0.3 is 20.0 Å². The fourth-order valence-electron chi connectivity index (χ4n) is 5.13. The molecule has 2 heterocycles. The van der Waals surface area contributed by atoms with E-state index >= 15 is 0 Å². The van der Waals surface area contributed by atoms with Crippen molar-refractivity contribution in [3.8, 4) is 0 Å². The lowest BCUT2D eigenvalue weighted by Gasteiger charge is -2.37. The zero-order valence-electron chi connectivity index (χ0n) is 21.5. The van der Waals surface area contributed by atoms with Crippen LogP contribution in [0.1, 0.15) is 50.3 Å². The topological polar surface area (TPSA) is 73.0 Å². The third kappa shape index (κ3) is 5.91. The highest BCUT2D eigenvalue weighted by atomic mass is 35.5. The first kappa shape index (κ1) is 26.7. The van der Waals surface area contributed by atoms with Crippen LogP contribution in [0.3, 0.4) is 0 Å². The fraction of sp³-hybridized carbons (Fsp3) is 0.300. The summed E-state index contributed by atoms with van der Waals surface area (Å²) in [4.78, 5) is 45.0. The Labute approximate surface area is 232 Å². The molecule has 2 fully saturated rings. The summed E-state index contributed by atoms with van der Waals surface area (Å²) in [6, 6.07) is 18.1. The number of carbonyl (C=O) groups is 3. The summed E-state index contributed by atoms with van der Waals surface area (Å²) in [5.74, 6) is -1.31. The van der Waals surface area contributed by atoms with Crippen molar-refractivity contribution < 1.29 is 18.8 Å². The molecule has 0 aromatic heterocycles. The Bertz CT molecular complexity index is 1380. The fourth-order valence-corrected chi connectivity index (χ4v) is 5.35. The number of hydrogen-bond acceptors (Lipinski definition) is 4. The van der Waals surface area contributed by atoms with Gasteiger partial charge in [-0.25, -0.2) is 4.39 Å². The van der Waals surface area contributed by atoms with Crippen LogP contribution in [0.5, 0.6) is 0 Å². The summed E-state index contributed by atoms with van der Waals surface area (Å²) < 4.78 is 14.2. The van der Waals surface area contributed by atoms with E-state index in [0.717, 1.165) is 24.9 Å². The number of amides is 3. The molecule has 3 amide bonds. The smallest absolute Gasteiger partial charge is 0.257 e. The second-order valence-electron chi connectivity index (χ2n) is 9.78. The summed E-state index contributed by atoms with van der Waals surface area (Å²) in [7, 11) is 0. The summed E-state index contributed by atoms with van der Waals surface area (Å²) in [5, 5.41) is 3.22. The van der Waals surface area contributed by atoms with Crippen LogP contribution >= 0.6 is 11.6 Å². The molecule has 2 aliphatic heterocycles. The normalized spacial score (nSPS) is 15.7. The van der Waals surface area contributed by atoms with Gasteiger partial charge in [0.2, 0.25) is 0 Å².